The average molecular weight is 399 g/mol. The molecule has 1 unspecified atom stereocenters. The Kier molecular flexibility index (Phi) is 6.46. The van der Waals surface area contributed by atoms with Crippen LogP contribution >= 0.6 is 0 Å². The number of anilines is 1. The Morgan fingerprint density at radius 1 is 1.31 bits per heavy atom. The molecular weight excluding hydrogens is 368 g/mol. The van der Waals surface area contributed by atoms with E-state index in [-0.39, 0.29) is 5.91 Å². The van der Waals surface area contributed by atoms with Gasteiger partial charge in [-0.15, -0.1) is 0 Å². The summed E-state index contributed by atoms with van der Waals surface area (Å²) in [5.41, 5.74) is 2.21. The Morgan fingerprint density at radius 3 is 2.97 bits per heavy atom. The van der Waals surface area contributed by atoms with Crippen molar-refractivity contribution in [2.24, 2.45) is 5.92 Å². The molecule has 2 aromatic rings. The molecule has 2 aliphatic heterocycles. The van der Waals surface area contributed by atoms with E-state index in [1.54, 1.807) is 6.07 Å². The van der Waals surface area contributed by atoms with Gasteiger partial charge in [0.15, 0.2) is 5.69 Å². The van der Waals surface area contributed by atoms with Gasteiger partial charge in [-0.2, -0.15) is 5.10 Å². The predicted octanol–water partition coefficient (Wildman–Crippen LogP) is 3.17. The molecule has 0 spiro atoms. The van der Waals surface area contributed by atoms with Crippen molar-refractivity contribution in [3.05, 3.63) is 41.7 Å². The molecule has 0 aliphatic carbocycles. The number of rotatable bonds is 6. The summed E-state index contributed by atoms with van der Waals surface area (Å²) in [6, 6.07) is 7.86. The molecule has 29 heavy (non-hydrogen) atoms. The van der Waals surface area contributed by atoms with Crippen LogP contribution in [0.25, 0.3) is 0 Å². The van der Waals surface area contributed by atoms with Crippen molar-refractivity contribution in [2.45, 2.75) is 38.6 Å². The van der Waals surface area contributed by atoms with Gasteiger partial charge in [-0.25, -0.2) is 0 Å². The van der Waals surface area contributed by atoms with Crippen molar-refractivity contribution < 1.29 is 14.3 Å². The van der Waals surface area contributed by atoms with Crippen LogP contribution in [0.5, 0.6) is 5.75 Å². The first-order chi connectivity index (χ1) is 14.2. The van der Waals surface area contributed by atoms with Crippen molar-refractivity contribution in [1.82, 2.24) is 15.1 Å². The van der Waals surface area contributed by atoms with Gasteiger partial charge in [0.25, 0.3) is 5.91 Å². The van der Waals surface area contributed by atoms with E-state index in [1.165, 1.54) is 0 Å². The minimum Gasteiger partial charge on any atom is -0.493 e. The topological polar surface area (TPSA) is 77.4 Å². The molecule has 0 bridgehead atoms. The largest absolute Gasteiger partial charge is 0.493 e. The molecule has 2 saturated heterocycles. The van der Waals surface area contributed by atoms with E-state index >= 15 is 0 Å². The molecule has 1 aromatic heterocycles. The fourth-order valence-electron chi connectivity index (χ4n) is 3.87. The quantitative estimate of drug-likeness (QED) is 0.782. The van der Waals surface area contributed by atoms with Crippen molar-refractivity contribution in [2.75, 3.05) is 38.2 Å². The maximum Gasteiger partial charge on any atom is 0.276 e. The second-order valence-electron chi connectivity index (χ2n) is 7.98. The zero-order valence-electron chi connectivity index (χ0n) is 17.0. The SMILES string of the molecule is Cc1ccc(NC(=O)c2ccn(C3CCCNC3)n2)cc1OCC1CCOCC1. The Balaban J connectivity index is 1.37. The summed E-state index contributed by atoms with van der Waals surface area (Å²) < 4.78 is 13.4. The zero-order valence-corrected chi connectivity index (χ0v) is 17.0. The number of piperidine rings is 1. The number of ether oxygens (including phenoxy) is 2. The first-order valence-electron chi connectivity index (χ1n) is 10.6. The smallest absolute Gasteiger partial charge is 0.276 e. The lowest BCUT2D eigenvalue weighted by atomic mass is 10.0. The molecule has 4 rings (SSSR count). The molecule has 1 atom stereocenters. The maximum atomic E-state index is 12.7. The highest BCUT2D eigenvalue weighted by Gasteiger charge is 2.18. The minimum atomic E-state index is -0.202. The number of amides is 1. The van der Waals surface area contributed by atoms with Crippen LogP contribution in [0.1, 0.15) is 47.8 Å². The normalized spacial score (nSPS) is 20.4. The third-order valence-electron chi connectivity index (χ3n) is 5.75. The highest BCUT2D eigenvalue weighted by atomic mass is 16.5. The summed E-state index contributed by atoms with van der Waals surface area (Å²) in [5, 5.41) is 10.8. The third kappa shape index (κ3) is 5.16. The Labute approximate surface area is 171 Å². The maximum absolute atomic E-state index is 12.7. The van der Waals surface area contributed by atoms with Gasteiger partial charge in [-0.3, -0.25) is 9.48 Å². The van der Waals surface area contributed by atoms with Crippen LogP contribution in [-0.4, -0.2) is 48.6 Å². The molecule has 2 N–H and O–H groups in total. The number of nitrogens with zero attached hydrogens (tertiary/aromatic N) is 2. The number of carbonyl (C=O) groups excluding carboxylic acids is 1. The summed E-state index contributed by atoms with van der Waals surface area (Å²) in [7, 11) is 0. The third-order valence-corrected chi connectivity index (χ3v) is 5.75. The van der Waals surface area contributed by atoms with Gasteiger partial charge in [0, 0.05) is 37.7 Å². The summed E-state index contributed by atoms with van der Waals surface area (Å²) in [5.74, 6) is 1.14. The lowest BCUT2D eigenvalue weighted by molar-refractivity contribution is 0.0496. The van der Waals surface area contributed by atoms with Crippen LogP contribution in [0.4, 0.5) is 5.69 Å². The van der Waals surface area contributed by atoms with Gasteiger partial charge >= 0.3 is 0 Å². The van der Waals surface area contributed by atoms with Crippen LogP contribution in [0.3, 0.4) is 0 Å². The van der Waals surface area contributed by atoms with E-state index in [0.717, 1.165) is 69.0 Å². The van der Waals surface area contributed by atoms with Crippen molar-refractivity contribution in [3.8, 4) is 5.75 Å². The molecule has 3 heterocycles. The Morgan fingerprint density at radius 2 is 2.17 bits per heavy atom. The number of aromatic nitrogens is 2. The van der Waals surface area contributed by atoms with E-state index in [4.69, 9.17) is 9.47 Å². The highest BCUT2D eigenvalue weighted by molar-refractivity contribution is 6.02. The van der Waals surface area contributed by atoms with Gasteiger partial charge < -0.3 is 20.1 Å². The lowest BCUT2D eigenvalue weighted by Crippen LogP contribution is -2.32. The van der Waals surface area contributed by atoms with Crippen molar-refractivity contribution >= 4 is 11.6 Å². The van der Waals surface area contributed by atoms with Crippen molar-refractivity contribution in [3.63, 3.8) is 0 Å². The van der Waals surface area contributed by atoms with Crippen LogP contribution in [0, 0.1) is 12.8 Å². The number of hydrogen-bond acceptors (Lipinski definition) is 5. The van der Waals surface area contributed by atoms with Gasteiger partial charge in [-0.1, -0.05) is 6.07 Å². The number of benzene rings is 1. The van der Waals surface area contributed by atoms with E-state index in [9.17, 15) is 4.79 Å². The second kappa shape index (κ2) is 9.41. The second-order valence-corrected chi connectivity index (χ2v) is 7.98. The fraction of sp³-hybridized carbons (Fsp3) is 0.545. The van der Waals surface area contributed by atoms with Crippen LogP contribution in [0.15, 0.2) is 30.5 Å². The first-order valence-corrected chi connectivity index (χ1v) is 10.6. The number of carbonyl (C=O) groups is 1. The number of aryl methyl sites for hydroxylation is 1. The summed E-state index contributed by atoms with van der Waals surface area (Å²) in [6.07, 6.45) is 6.18. The molecule has 2 aliphatic rings. The molecule has 0 saturated carbocycles. The standard InChI is InChI=1S/C22H30N4O3/c1-16-4-5-18(13-21(16)29-15-17-7-11-28-12-8-17)24-22(27)20-6-10-26(25-20)19-3-2-9-23-14-19/h4-6,10,13,17,19,23H,2-3,7-9,11-12,14-15H2,1H3,(H,24,27). The van der Waals surface area contributed by atoms with Crippen molar-refractivity contribution in [1.29, 1.82) is 0 Å². The molecule has 1 aromatic carbocycles. The van der Waals surface area contributed by atoms with E-state index in [2.05, 4.69) is 15.7 Å². The number of nitrogens with one attached hydrogen (secondary N) is 2. The van der Waals surface area contributed by atoms with Crippen LogP contribution in [-0.2, 0) is 4.74 Å². The summed E-state index contributed by atoms with van der Waals surface area (Å²) >= 11 is 0. The van der Waals surface area contributed by atoms with E-state index in [0.29, 0.717) is 24.3 Å². The zero-order chi connectivity index (χ0) is 20.1. The summed E-state index contributed by atoms with van der Waals surface area (Å²) in [6.45, 7) is 6.28. The lowest BCUT2D eigenvalue weighted by Gasteiger charge is -2.23. The molecule has 7 nitrogen and oxygen atoms in total. The molecule has 0 radical (unpaired) electrons. The fourth-order valence-corrected chi connectivity index (χ4v) is 3.87. The van der Waals surface area contributed by atoms with E-state index < -0.39 is 0 Å². The molecule has 2 fully saturated rings. The van der Waals surface area contributed by atoms with Crippen LogP contribution in [0.2, 0.25) is 0 Å². The van der Waals surface area contributed by atoms with Gasteiger partial charge in [0.1, 0.15) is 5.75 Å². The summed E-state index contributed by atoms with van der Waals surface area (Å²) in [4.78, 5) is 12.7. The van der Waals surface area contributed by atoms with Gasteiger partial charge in [0.05, 0.1) is 12.6 Å². The molecule has 156 valence electrons. The first kappa shape index (κ1) is 19.9. The van der Waals surface area contributed by atoms with Crippen LogP contribution < -0.4 is 15.4 Å². The van der Waals surface area contributed by atoms with E-state index in [1.807, 2.05) is 36.0 Å². The number of hydrogen-bond donors (Lipinski definition) is 2. The average Bonchev–Trinajstić information content (AvgIpc) is 3.26. The highest BCUT2D eigenvalue weighted by Crippen LogP contribution is 2.25. The molecular formula is C22H30N4O3. The Hall–Kier alpha value is -2.38. The monoisotopic (exact) mass is 398 g/mol. The van der Waals surface area contributed by atoms with Gasteiger partial charge in [-0.05, 0) is 62.8 Å². The predicted molar refractivity (Wildman–Crippen MR) is 112 cm³/mol. The van der Waals surface area contributed by atoms with Gasteiger partial charge in [0.2, 0.25) is 0 Å². The molecule has 1 amide bonds. The Bertz CT molecular complexity index is 823. The molecule has 7 heteroatoms. The minimum absolute atomic E-state index is 0.202.